The molecule has 1 saturated carbocycles. The van der Waals surface area contributed by atoms with Gasteiger partial charge in [-0.15, -0.1) is 34.5 Å². The summed E-state index contributed by atoms with van der Waals surface area (Å²) in [6.45, 7) is 3.69. The zero-order valence-corrected chi connectivity index (χ0v) is 12.5. The minimum absolute atomic E-state index is 0.0819. The van der Waals surface area contributed by atoms with Crippen LogP contribution in [0.4, 0.5) is 0 Å². The van der Waals surface area contributed by atoms with Gasteiger partial charge in [0.1, 0.15) is 4.33 Å². The number of carbonyl (C=O) groups is 1. The summed E-state index contributed by atoms with van der Waals surface area (Å²) in [5.74, 6) is -0.112. The van der Waals surface area contributed by atoms with Crippen molar-refractivity contribution in [1.82, 2.24) is 5.32 Å². The molecule has 1 aliphatic carbocycles. The summed E-state index contributed by atoms with van der Waals surface area (Å²) in [5, 5.41) is 2.91. The molecule has 0 spiro atoms. The molecular weight excluding hydrogens is 301 g/mol. The molecule has 1 aromatic rings. The van der Waals surface area contributed by atoms with Gasteiger partial charge in [-0.3, -0.25) is 4.79 Å². The largest absolute Gasteiger partial charge is 0.348 e. The van der Waals surface area contributed by atoms with E-state index in [1.54, 1.807) is 6.92 Å². The van der Waals surface area contributed by atoms with Crippen molar-refractivity contribution >= 4 is 52.0 Å². The van der Waals surface area contributed by atoms with Gasteiger partial charge in [0.15, 0.2) is 0 Å². The fraction of sp³-hybridized carbons (Fsp3) is 0.545. The molecule has 0 bridgehead atoms. The first kappa shape index (κ1) is 13.5. The monoisotopic (exact) mass is 311 g/mol. The lowest BCUT2D eigenvalue weighted by Crippen LogP contribution is -2.34. The van der Waals surface area contributed by atoms with Crippen LogP contribution in [-0.4, -0.2) is 10.2 Å². The van der Waals surface area contributed by atoms with E-state index in [1.165, 1.54) is 11.3 Å². The Morgan fingerprint density at radius 3 is 2.53 bits per heavy atom. The van der Waals surface area contributed by atoms with Crippen molar-refractivity contribution in [1.29, 1.82) is 0 Å². The SMILES string of the molecule is C[C@H](NC(=O)[C@@]1(C)CC1(Cl)Cl)c1ccc(Cl)s1. The molecule has 1 fully saturated rings. The van der Waals surface area contributed by atoms with Gasteiger partial charge in [-0.1, -0.05) is 11.6 Å². The van der Waals surface area contributed by atoms with E-state index < -0.39 is 9.75 Å². The molecule has 1 amide bonds. The molecule has 0 aromatic carbocycles. The first-order valence-corrected chi connectivity index (χ1v) is 7.15. The second-order valence-electron chi connectivity index (χ2n) is 4.55. The van der Waals surface area contributed by atoms with Gasteiger partial charge in [-0.25, -0.2) is 0 Å². The third-order valence-corrected chi connectivity index (χ3v) is 5.64. The number of hydrogen-bond donors (Lipinski definition) is 1. The standard InChI is InChI=1S/C11H12Cl3NOS/c1-6(7-3-4-8(12)17-7)15-9(16)10(2)5-11(10,13)14/h3-4,6H,5H2,1-2H3,(H,15,16)/t6-,10+/m0/s1. The Bertz CT molecular complexity index is 459. The minimum Gasteiger partial charge on any atom is -0.348 e. The number of amides is 1. The van der Waals surface area contributed by atoms with Crippen molar-refractivity contribution in [2.75, 3.05) is 0 Å². The molecule has 1 aromatic heterocycles. The number of halogens is 3. The summed E-state index contributed by atoms with van der Waals surface area (Å²) < 4.78 is -0.216. The van der Waals surface area contributed by atoms with Crippen molar-refractivity contribution in [3.8, 4) is 0 Å². The van der Waals surface area contributed by atoms with E-state index in [0.29, 0.717) is 10.8 Å². The molecule has 0 radical (unpaired) electrons. The maximum atomic E-state index is 12.0. The third kappa shape index (κ3) is 2.43. The summed E-state index contributed by atoms with van der Waals surface area (Å²) in [6.07, 6.45) is 0.493. The van der Waals surface area contributed by atoms with Crippen LogP contribution in [0.2, 0.25) is 4.34 Å². The van der Waals surface area contributed by atoms with Crippen LogP contribution in [-0.2, 0) is 4.79 Å². The first-order valence-electron chi connectivity index (χ1n) is 5.20. The number of nitrogens with one attached hydrogen (secondary N) is 1. The van der Waals surface area contributed by atoms with Crippen molar-refractivity contribution < 1.29 is 4.79 Å². The Kier molecular flexibility index (Phi) is 3.41. The summed E-state index contributed by atoms with van der Waals surface area (Å²) in [4.78, 5) is 13.0. The molecule has 0 aliphatic heterocycles. The van der Waals surface area contributed by atoms with E-state index in [9.17, 15) is 4.79 Å². The van der Waals surface area contributed by atoms with E-state index >= 15 is 0 Å². The van der Waals surface area contributed by atoms with Crippen molar-refractivity contribution in [3.63, 3.8) is 0 Å². The van der Waals surface area contributed by atoms with E-state index in [-0.39, 0.29) is 11.9 Å². The lowest BCUT2D eigenvalue weighted by atomic mass is 10.1. The van der Waals surface area contributed by atoms with E-state index in [0.717, 1.165) is 4.88 Å². The van der Waals surface area contributed by atoms with Crippen LogP contribution in [0, 0.1) is 5.41 Å². The van der Waals surface area contributed by atoms with Crippen molar-refractivity contribution in [2.24, 2.45) is 5.41 Å². The quantitative estimate of drug-likeness (QED) is 0.834. The Balaban J connectivity index is 2.01. The van der Waals surface area contributed by atoms with Crippen molar-refractivity contribution in [2.45, 2.75) is 30.6 Å². The predicted octanol–water partition coefficient (Wildman–Crippen LogP) is 4.16. The van der Waals surface area contributed by atoms with Gasteiger partial charge >= 0.3 is 0 Å². The van der Waals surface area contributed by atoms with Crippen LogP contribution in [0.25, 0.3) is 0 Å². The van der Waals surface area contributed by atoms with Gasteiger partial charge in [0, 0.05) is 4.88 Å². The molecule has 6 heteroatoms. The highest BCUT2D eigenvalue weighted by molar-refractivity contribution is 7.16. The second kappa shape index (κ2) is 4.30. The Morgan fingerprint density at radius 1 is 1.53 bits per heavy atom. The van der Waals surface area contributed by atoms with Gasteiger partial charge < -0.3 is 5.32 Å². The maximum Gasteiger partial charge on any atom is 0.229 e. The van der Waals surface area contributed by atoms with Gasteiger partial charge in [-0.05, 0) is 32.4 Å². The fourth-order valence-electron chi connectivity index (χ4n) is 1.63. The molecule has 1 heterocycles. The summed E-state index contributed by atoms with van der Waals surface area (Å²) in [6, 6.07) is 3.64. The highest BCUT2D eigenvalue weighted by Crippen LogP contribution is 2.63. The van der Waals surface area contributed by atoms with Gasteiger partial charge in [0.2, 0.25) is 5.91 Å². The third-order valence-electron chi connectivity index (χ3n) is 3.13. The topological polar surface area (TPSA) is 29.1 Å². The van der Waals surface area contributed by atoms with Crippen LogP contribution in [0.3, 0.4) is 0 Å². The van der Waals surface area contributed by atoms with Crippen LogP contribution in [0.1, 0.15) is 31.2 Å². The normalized spacial score (nSPS) is 27.6. The maximum absolute atomic E-state index is 12.0. The molecule has 2 nitrogen and oxygen atoms in total. The fourth-order valence-corrected chi connectivity index (χ4v) is 3.40. The average molecular weight is 313 g/mol. The van der Waals surface area contributed by atoms with Gasteiger partial charge in [0.05, 0.1) is 15.8 Å². The predicted molar refractivity (Wildman–Crippen MR) is 73.0 cm³/mol. The molecule has 17 heavy (non-hydrogen) atoms. The molecule has 0 saturated heterocycles. The zero-order chi connectivity index (χ0) is 12.8. The number of hydrogen-bond acceptors (Lipinski definition) is 2. The number of carbonyl (C=O) groups excluding carboxylic acids is 1. The van der Waals surface area contributed by atoms with Gasteiger partial charge in [-0.2, -0.15) is 0 Å². The van der Waals surface area contributed by atoms with Crippen LogP contribution < -0.4 is 5.32 Å². The Labute approximate surface area is 119 Å². The molecule has 2 atom stereocenters. The van der Waals surface area contributed by atoms with E-state index in [2.05, 4.69) is 5.32 Å². The zero-order valence-electron chi connectivity index (χ0n) is 9.39. The highest BCUT2D eigenvalue weighted by atomic mass is 35.5. The molecule has 0 unspecified atom stereocenters. The minimum atomic E-state index is -0.927. The van der Waals surface area contributed by atoms with E-state index in [1.807, 2.05) is 19.1 Å². The van der Waals surface area contributed by atoms with Crippen LogP contribution in [0.15, 0.2) is 12.1 Å². The molecule has 94 valence electrons. The average Bonchev–Trinajstić information content (AvgIpc) is 2.61. The number of rotatable bonds is 3. The second-order valence-corrected chi connectivity index (χ2v) is 7.78. The van der Waals surface area contributed by atoms with Crippen LogP contribution in [0.5, 0.6) is 0 Å². The smallest absolute Gasteiger partial charge is 0.229 e. The van der Waals surface area contributed by atoms with Crippen LogP contribution >= 0.6 is 46.1 Å². The van der Waals surface area contributed by atoms with E-state index in [4.69, 9.17) is 34.8 Å². The van der Waals surface area contributed by atoms with Gasteiger partial charge in [0.25, 0.3) is 0 Å². The number of alkyl halides is 2. The molecule has 1 N–H and O–H groups in total. The molecule has 1 aliphatic rings. The lowest BCUT2D eigenvalue weighted by molar-refractivity contribution is -0.126. The number of thiophene rings is 1. The molecular formula is C11H12Cl3NOS. The highest BCUT2D eigenvalue weighted by Gasteiger charge is 2.67. The first-order chi connectivity index (χ1) is 7.76. The Hall–Kier alpha value is 0.0400. The summed E-state index contributed by atoms with van der Waals surface area (Å²) >= 11 is 19.2. The van der Waals surface area contributed by atoms with Crippen molar-refractivity contribution in [3.05, 3.63) is 21.3 Å². The molecule has 2 rings (SSSR count). The summed E-state index contributed by atoms with van der Waals surface area (Å²) in [7, 11) is 0. The lowest BCUT2D eigenvalue weighted by Gasteiger charge is -2.17. The summed E-state index contributed by atoms with van der Waals surface area (Å²) in [5.41, 5.74) is -0.675. The Morgan fingerprint density at radius 2 is 2.12 bits per heavy atom.